The topological polar surface area (TPSA) is 43.4 Å². The molecule has 0 N–H and O–H groups in total. The molecule has 0 rings (SSSR count). The van der Waals surface area contributed by atoms with E-state index in [4.69, 9.17) is 4.74 Å². The van der Waals surface area contributed by atoms with Gasteiger partial charge in [0, 0.05) is 5.41 Å². The van der Waals surface area contributed by atoms with Gasteiger partial charge in [-0.1, -0.05) is 27.7 Å². The first-order valence-electron chi connectivity index (χ1n) is 6.54. The first-order chi connectivity index (χ1) is 7.99. The summed E-state index contributed by atoms with van der Waals surface area (Å²) in [6.45, 7) is 7.99. The number of aldehydes is 1. The highest BCUT2D eigenvalue weighted by molar-refractivity contribution is 5.77. The highest BCUT2D eigenvalue weighted by Crippen LogP contribution is 2.43. The summed E-state index contributed by atoms with van der Waals surface area (Å²) in [7, 11) is 1.42. The smallest absolute Gasteiger partial charge is 0.311 e. The van der Waals surface area contributed by atoms with Crippen molar-refractivity contribution in [3.63, 3.8) is 0 Å². The highest BCUT2D eigenvalue weighted by Gasteiger charge is 2.43. The van der Waals surface area contributed by atoms with E-state index in [0.717, 1.165) is 19.1 Å². The van der Waals surface area contributed by atoms with Crippen LogP contribution in [0.5, 0.6) is 0 Å². The van der Waals surface area contributed by atoms with Crippen LogP contribution in [0.15, 0.2) is 0 Å². The molecule has 3 nitrogen and oxygen atoms in total. The molecule has 0 saturated carbocycles. The Balaban J connectivity index is 5.22. The molecule has 3 heteroatoms. The zero-order valence-corrected chi connectivity index (χ0v) is 11.8. The zero-order valence-electron chi connectivity index (χ0n) is 11.8. The summed E-state index contributed by atoms with van der Waals surface area (Å²) < 4.78 is 4.92. The lowest BCUT2D eigenvalue weighted by Gasteiger charge is -2.37. The Hall–Kier alpha value is -0.860. The Kier molecular flexibility index (Phi) is 6.43. The van der Waals surface area contributed by atoms with Gasteiger partial charge in [0.15, 0.2) is 0 Å². The quantitative estimate of drug-likeness (QED) is 0.484. The number of ether oxygens (including phenoxy) is 1. The molecule has 0 amide bonds. The third-order valence-corrected chi connectivity index (χ3v) is 4.32. The number of carbonyl (C=O) groups is 2. The monoisotopic (exact) mass is 242 g/mol. The van der Waals surface area contributed by atoms with Crippen molar-refractivity contribution in [2.24, 2.45) is 10.8 Å². The van der Waals surface area contributed by atoms with E-state index in [1.807, 2.05) is 27.7 Å². The Morgan fingerprint density at radius 2 is 1.53 bits per heavy atom. The lowest BCUT2D eigenvalue weighted by atomic mass is 9.66. The third-order valence-electron chi connectivity index (χ3n) is 4.32. The molecule has 0 radical (unpaired) electrons. The largest absolute Gasteiger partial charge is 0.469 e. The fourth-order valence-corrected chi connectivity index (χ4v) is 2.46. The van der Waals surface area contributed by atoms with Gasteiger partial charge < -0.3 is 9.53 Å². The lowest BCUT2D eigenvalue weighted by Crippen LogP contribution is -2.38. The van der Waals surface area contributed by atoms with Crippen LogP contribution in [0.4, 0.5) is 0 Å². The van der Waals surface area contributed by atoms with Crippen LogP contribution in [0.1, 0.15) is 59.8 Å². The van der Waals surface area contributed by atoms with Gasteiger partial charge in [0.1, 0.15) is 6.29 Å². The van der Waals surface area contributed by atoms with Crippen molar-refractivity contribution in [1.82, 2.24) is 0 Å². The number of hydrogen-bond acceptors (Lipinski definition) is 3. The van der Waals surface area contributed by atoms with Crippen LogP contribution in [0, 0.1) is 10.8 Å². The lowest BCUT2D eigenvalue weighted by molar-refractivity contribution is -0.156. The Morgan fingerprint density at radius 3 is 1.76 bits per heavy atom. The van der Waals surface area contributed by atoms with E-state index in [0.29, 0.717) is 19.3 Å². The maximum atomic E-state index is 12.0. The fourth-order valence-electron chi connectivity index (χ4n) is 2.46. The van der Waals surface area contributed by atoms with E-state index >= 15 is 0 Å². The highest BCUT2D eigenvalue weighted by atomic mass is 16.5. The first-order valence-corrected chi connectivity index (χ1v) is 6.54. The van der Waals surface area contributed by atoms with Gasteiger partial charge in [0.25, 0.3) is 0 Å². The second-order valence-corrected chi connectivity index (χ2v) is 4.84. The van der Waals surface area contributed by atoms with Gasteiger partial charge in [-0.25, -0.2) is 0 Å². The Labute approximate surface area is 105 Å². The average molecular weight is 242 g/mol. The predicted molar refractivity (Wildman–Crippen MR) is 68.7 cm³/mol. The minimum Gasteiger partial charge on any atom is -0.469 e. The van der Waals surface area contributed by atoms with Crippen LogP contribution in [0.25, 0.3) is 0 Å². The van der Waals surface area contributed by atoms with Crippen molar-refractivity contribution in [2.75, 3.05) is 7.11 Å². The average Bonchev–Trinajstić information content (AvgIpc) is 2.41. The van der Waals surface area contributed by atoms with Crippen LogP contribution in [0.3, 0.4) is 0 Å². The SMILES string of the molecule is CCC(C=O)(CC)CC(CC)(CC)C(=O)OC. The van der Waals surface area contributed by atoms with Gasteiger partial charge in [-0.05, 0) is 32.1 Å². The Bertz CT molecular complexity index is 250. The van der Waals surface area contributed by atoms with E-state index in [9.17, 15) is 9.59 Å². The summed E-state index contributed by atoms with van der Waals surface area (Å²) in [6, 6.07) is 0. The summed E-state index contributed by atoms with van der Waals surface area (Å²) in [5.41, 5.74) is -0.901. The molecule has 0 bridgehead atoms. The van der Waals surface area contributed by atoms with Crippen LogP contribution in [-0.4, -0.2) is 19.4 Å². The van der Waals surface area contributed by atoms with E-state index < -0.39 is 5.41 Å². The molecule has 0 unspecified atom stereocenters. The third kappa shape index (κ3) is 3.30. The molecule has 0 spiro atoms. The normalized spacial score (nSPS) is 12.3. The van der Waals surface area contributed by atoms with E-state index in [-0.39, 0.29) is 11.4 Å². The van der Waals surface area contributed by atoms with Gasteiger partial charge >= 0.3 is 5.97 Å². The number of methoxy groups -OCH3 is 1. The molecule has 0 saturated heterocycles. The first kappa shape index (κ1) is 16.1. The molecule has 100 valence electrons. The van der Waals surface area contributed by atoms with Gasteiger partial charge in [-0.3, -0.25) is 4.79 Å². The molecule has 0 fully saturated rings. The van der Waals surface area contributed by atoms with E-state index in [1.54, 1.807) is 0 Å². The van der Waals surface area contributed by atoms with Gasteiger partial charge in [-0.15, -0.1) is 0 Å². The molecule has 17 heavy (non-hydrogen) atoms. The summed E-state index contributed by atoms with van der Waals surface area (Å²) in [6.07, 6.45) is 4.58. The fraction of sp³-hybridized carbons (Fsp3) is 0.857. The number of hydrogen-bond donors (Lipinski definition) is 0. The van der Waals surface area contributed by atoms with Crippen molar-refractivity contribution in [2.45, 2.75) is 59.8 Å². The van der Waals surface area contributed by atoms with E-state index in [2.05, 4.69) is 0 Å². The zero-order chi connectivity index (χ0) is 13.5. The predicted octanol–water partition coefficient (Wildman–Crippen LogP) is 3.36. The van der Waals surface area contributed by atoms with Gasteiger partial charge in [0.2, 0.25) is 0 Å². The van der Waals surface area contributed by atoms with Crippen molar-refractivity contribution in [3.05, 3.63) is 0 Å². The molecule has 0 aliphatic rings. The molecule has 0 aliphatic heterocycles. The number of carbonyl (C=O) groups excluding carboxylic acids is 2. The minimum absolute atomic E-state index is 0.185. The van der Waals surface area contributed by atoms with Crippen LogP contribution >= 0.6 is 0 Å². The van der Waals surface area contributed by atoms with Crippen molar-refractivity contribution in [1.29, 1.82) is 0 Å². The minimum atomic E-state index is -0.512. The molecule has 0 aromatic carbocycles. The molecule has 0 heterocycles. The maximum absolute atomic E-state index is 12.0. The number of esters is 1. The van der Waals surface area contributed by atoms with Crippen LogP contribution in [0.2, 0.25) is 0 Å². The second-order valence-electron chi connectivity index (χ2n) is 4.84. The van der Waals surface area contributed by atoms with Crippen LogP contribution < -0.4 is 0 Å². The molecule has 0 aromatic rings. The molecule has 0 aromatic heterocycles. The molecular weight excluding hydrogens is 216 g/mol. The van der Waals surface area contributed by atoms with Gasteiger partial charge in [-0.2, -0.15) is 0 Å². The summed E-state index contributed by atoms with van der Waals surface area (Å²) in [5.74, 6) is -0.185. The number of rotatable bonds is 8. The summed E-state index contributed by atoms with van der Waals surface area (Å²) in [4.78, 5) is 23.3. The van der Waals surface area contributed by atoms with Crippen molar-refractivity contribution in [3.8, 4) is 0 Å². The molecular formula is C14H26O3. The van der Waals surface area contributed by atoms with Crippen molar-refractivity contribution < 1.29 is 14.3 Å². The summed E-state index contributed by atoms with van der Waals surface area (Å²) in [5, 5.41) is 0. The Morgan fingerprint density at radius 1 is 1.06 bits per heavy atom. The standard InChI is InChI=1S/C14H26O3/c1-6-13(7-2,11-15)10-14(8-3,9-4)12(16)17-5/h11H,6-10H2,1-5H3. The molecule has 0 aliphatic carbocycles. The second kappa shape index (κ2) is 6.77. The van der Waals surface area contributed by atoms with Gasteiger partial charge in [0.05, 0.1) is 12.5 Å². The van der Waals surface area contributed by atoms with E-state index in [1.165, 1.54) is 7.11 Å². The summed E-state index contributed by atoms with van der Waals surface area (Å²) >= 11 is 0. The molecule has 0 atom stereocenters. The van der Waals surface area contributed by atoms with Crippen LogP contribution in [-0.2, 0) is 14.3 Å². The maximum Gasteiger partial charge on any atom is 0.311 e. The van der Waals surface area contributed by atoms with Crippen molar-refractivity contribution >= 4 is 12.3 Å².